The summed E-state index contributed by atoms with van der Waals surface area (Å²) in [6.07, 6.45) is -1.65. The molecule has 3 nitrogen and oxygen atoms in total. The first kappa shape index (κ1) is 20.5. The molecule has 1 aromatic carbocycles. The number of nitrogens with one attached hydrogen (secondary N) is 1. The van der Waals surface area contributed by atoms with Gasteiger partial charge in [0, 0.05) is 12.2 Å². The predicted octanol–water partition coefficient (Wildman–Crippen LogP) is 4.64. The van der Waals surface area contributed by atoms with E-state index >= 15 is 0 Å². The molecule has 0 aliphatic carbocycles. The molecule has 0 bridgehead atoms. The summed E-state index contributed by atoms with van der Waals surface area (Å²) in [5.74, 6) is 1.10. The maximum Gasteiger partial charge on any atom is 0.416 e. The van der Waals surface area contributed by atoms with Crippen LogP contribution in [0.2, 0.25) is 0 Å². The molecule has 1 aromatic heterocycles. The molecular weight excluding hydrogens is 343 g/mol. The average molecular weight is 364 g/mol. The van der Waals surface area contributed by atoms with Crippen molar-refractivity contribution in [2.45, 2.75) is 32.0 Å². The van der Waals surface area contributed by atoms with E-state index in [1.54, 1.807) is 18.2 Å². The van der Waals surface area contributed by atoms with E-state index in [1.165, 1.54) is 6.07 Å². The lowest BCUT2D eigenvalue weighted by atomic mass is 10.1. The van der Waals surface area contributed by atoms with Gasteiger partial charge >= 0.3 is 6.18 Å². The highest BCUT2D eigenvalue weighted by molar-refractivity contribution is 5.85. The van der Waals surface area contributed by atoms with E-state index < -0.39 is 11.7 Å². The van der Waals surface area contributed by atoms with Crippen molar-refractivity contribution in [3.8, 4) is 11.3 Å². The van der Waals surface area contributed by atoms with E-state index in [-0.39, 0.29) is 19.0 Å². The van der Waals surface area contributed by atoms with Crippen LogP contribution in [0.4, 0.5) is 13.2 Å². The quantitative estimate of drug-likeness (QED) is 0.672. The van der Waals surface area contributed by atoms with Crippen LogP contribution < -0.4 is 5.32 Å². The second-order valence-electron chi connectivity index (χ2n) is 5.31. The fourth-order valence-electron chi connectivity index (χ4n) is 2.23. The van der Waals surface area contributed by atoms with Crippen molar-refractivity contribution in [1.82, 2.24) is 5.32 Å². The molecule has 0 atom stereocenters. The van der Waals surface area contributed by atoms with Crippen molar-refractivity contribution in [2.24, 2.45) is 0 Å². The van der Waals surface area contributed by atoms with Crippen LogP contribution in [0.5, 0.6) is 0 Å². The molecule has 0 aliphatic rings. The van der Waals surface area contributed by atoms with Crippen LogP contribution in [0.1, 0.15) is 30.6 Å². The van der Waals surface area contributed by atoms with E-state index in [2.05, 4.69) is 5.32 Å². The molecule has 134 valence electrons. The molecule has 0 amide bonds. The summed E-state index contributed by atoms with van der Waals surface area (Å²) >= 11 is 0. The first-order valence-corrected chi connectivity index (χ1v) is 7.58. The minimum absolute atomic E-state index is 0. The van der Waals surface area contributed by atoms with Gasteiger partial charge in [0.15, 0.2) is 0 Å². The molecule has 2 N–H and O–H groups in total. The number of unbranched alkanes of at least 4 members (excludes halogenated alkanes) is 2. The Kier molecular flexibility index (Phi) is 8.31. The summed E-state index contributed by atoms with van der Waals surface area (Å²) in [7, 11) is 0. The summed E-state index contributed by atoms with van der Waals surface area (Å²) in [6, 6.07) is 8.54. The van der Waals surface area contributed by atoms with E-state index in [9.17, 15) is 13.2 Å². The largest absolute Gasteiger partial charge is 0.460 e. The second kappa shape index (κ2) is 9.71. The second-order valence-corrected chi connectivity index (χ2v) is 5.31. The van der Waals surface area contributed by atoms with Gasteiger partial charge in [-0.25, -0.2) is 0 Å². The average Bonchev–Trinajstić information content (AvgIpc) is 2.99. The molecule has 0 radical (unpaired) electrons. The molecule has 0 fully saturated rings. The Hall–Kier alpha value is -1.50. The van der Waals surface area contributed by atoms with Crippen LogP contribution >= 0.6 is 12.4 Å². The van der Waals surface area contributed by atoms with Crippen LogP contribution in [0.25, 0.3) is 11.3 Å². The SMILES string of the molecule is Cl.OCCCCCNCc1ccc(-c2cccc(C(F)(F)F)c2)o1. The third kappa shape index (κ3) is 6.19. The smallest absolute Gasteiger partial charge is 0.416 e. The van der Waals surface area contributed by atoms with Gasteiger partial charge in [-0.2, -0.15) is 13.2 Å². The van der Waals surface area contributed by atoms with Gasteiger partial charge in [-0.05, 0) is 50.1 Å². The highest BCUT2D eigenvalue weighted by Crippen LogP contribution is 2.32. The number of aliphatic hydroxyl groups excluding tert-OH is 1. The molecule has 0 saturated carbocycles. The normalized spacial score (nSPS) is 11.3. The fraction of sp³-hybridized carbons (Fsp3) is 0.412. The number of aliphatic hydroxyl groups is 1. The summed E-state index contributed by atoms with van der Waals surface area (Å²) in [5.41, 5.74) is -0.274. The van der Waals surface area contributed by atoms with Crippen LogP contribution in [0, 0.1) is 0 Å². The molecule has 24 heavy (non-hydrogen) atoms. The molecule has 2 aromatic rings. The summed E-state index contributed by atoms with van der Waals surface area (Å²) in [6.45, 7) is 1.54. The van der Waals surface area contributed by atoms with Crippen molar-refractivity contribution in [2.75, 3.05) is 13.2 Å². The minimum Gasteiger partial charge on any atom is -0.460 e. The number of hydrogen-bond acceptors (Lipinski definition) is 3. The van der Waals surface area contributed by atoms with Gasteiger partial charge in [-0.1, -0.05) is 12.1 Å². The van der Waals surface area contributed by atoms with Gasteiger partial charge in [-0.15, -0.1) is 12.4 Å². The fourth-order valence-corrected chi connectivity index (χ4v) is 2.23. The van der Waals surface area contributed by atoms with Crippen molar-refractivity contribution >= 4 is 12.4 Å². The Balaban J connectivity index is 0.00000288. The Labute approximate surface area is 145 Å². The molecular formula is C17H21ClF3NO2. The van der Waals surface area contributed by atoms with Crippen LogP contribution in [0.3, 0.4) is 0 Å². The number of hydrogen-bond donors (Lipinski definition) is 2. The van der Waals surface area contributed by atoms with Crippen LogP contribution in [0.15, 0.2) is 40.8 Å². The lowest BCUT2D eigenvalue weighted by Crippen LogP contribution is -2.14. The number of furan rings is 1. The third-order valence-corrected chi connectivity index (χ3v) is 3.45. The topological polar surface area (TPSA) is 45.4 Å². The number of benzene rings is 1. The lowest BCUT2D eigenvalue weighted by Gasteiger charge is -2.07. The van der Waals surface area contributed by atoms with Gasteiger partial charge < -0.3 is 14.8 Å². The summed E-state index contributed by atoms with van der Waals surface area (Å²) in [4.78, 5) is 0. The molecule has 7 heteroatoms. The monoisotopic (exact) mass is 363 g/mol. The van der Waals surface area contributed by atoms with Crippen molar-refractivity contribution < 1.29 is 22.7 Å². The minimum atomic E-state index is -4.36. The number of rotatable bonds is 8. The van der Waals surface area contributed by atoms with Gasteiger partial charge in [0.05, 0.1) is 12.1 Å². The molecule has 1 heterocycles. The Bertz CT molecular complexity index is 614. The van der Waals surface area contributed by atoms with Crippen molar-refractivity contribution in [3.63, 3.8) is 0 Å². The van der Waals surface area contributed by atoms with Gasteiger partial charge in [0.1, 0.15) is 11.5 Å². The van der Waals surface area contributed by atoms with E-state index in [0.29, 0.717) is 23.6 Å². The maximum atomic E-state index is 12.7. The molecule has 0 saturated heterocycles. The molecule has 0 spiro atoms. The highest BCUT2D eigenvalue weighted by Gasteiger charge is 2.30. The number of halogens is 4. The summed E-state index contributed by atoms with van der Waals surface area (Å²) < 4.78 is 43.8. The highest BCUT2D eigenvalue weighted by atomic mass is 35.5. The van der Waals surface area contributed by atoms with E-state index in [1.807, 2.05) is 0 Å². The standard InChI is InChI=1S/C17H20F3NO2.ClH/c18-17(19,20)14-6-4-5-13(11-14)16-8-7-15(23-16)12-21-9-2-1-3-10-22;/h4-8,11,21-22H,1-3,9-10,12H2;1H. The van der Waals surface area contributed by atoms with E-state index in [4.69, 9.17) is 9.52 Å². The zero-order chi connectivity index (χ0) is 16.7. The zero-order valence-electron chi connectivity index (χ0n) is 13.1. The Morgan fingerprint density at radius 2 is 1.83 bits per heavy atom. The Morgan fingerprint density at radius 1 is 1.04 bits per heavy atom. The maximum absolute atomic E-state index is 12.7. The summed E-state index contributed by atoms with van der Waals surface area (Å²) in [5, 5.41) is 11.9. The molecule has 2 rings (SSSR count). The van der Waals surface area contributed by atoms with Crippen LogP contribution in [-0.2, 0) is 12.7 Å². The zero-order valence-corrected chi connectivity index (χ0v) is 13.9. The van der Waals surface area contributed by atoms with E-state index in [0.717, 1.165) is 37.9 Å². The predicted molar refractivity (Wildman–Crippen MR) is 89.0 cm³/mol. The van der Waals surface area contributed by atoms with Crippen molar-refractivity contribution in [1.29, 1.82) is 0 Å². The molecule has 0 aliphatic heterocycles. The first-order valence-electron chi connectivity index (χ1n) is 7.58. The molecule has 0 unspecified atom stereocenters. The first-order chi connectivity index (χ1) is 11.0. The Morgan fingerprint density at radius 3 is 2.54 bits per heavy atom. The van der Waals surface area contributed by atoms with Gasteiger partial charge in [0.2, 0.25) is 0 Å². The van der Waals surface area contributed by atoms with Gasteiger partial charge in [-0.3, -0.25) is 0 Å². The van der Waals surface area contributed by atoms with Gasteiger partial charge in [0.25, 0.3) is 0 Å². The lowest BCUT2D eigenvalue weighted by molar-refractivity contribution is -0.137. The van der Waals surface area contributed by atoms with Crippen LogP contribution in [-0.4, -0.2) is 18.3 Å². The van der Waals surface area contributed by atoms with Crippen molar-refractivity contribution in [3.05, 3.63) is 47.7 Å². The number of alkyl halides is 3. The third-order valence-electron chi connectivity index (χ3n) is 3.45.